The van der Waals surface area contributed by atoms with Crippen LogP contribution < -0.4 is 10.6 Å². The Morgan fingerprint density at radius 1 is 1.28 bits per heavy atom. The number of carboxylic acids is 1. The van der Waals surface area contributed by atoms with Gasteiger partial charge in [0.15, 0.2) is 0 Å². The molecule has 1 atom stereocenters. The summed E-state index contributed by atoms with van der Waals surface area (Å²) >= 11 is 0. The number of nitrogens with one attached hydrogen (secondary N) is 2. The summed E-state index contributed by atoms with van der Waals surface area (Å²) in [5.74, 6) is -0.865. The van der Waals surface area contributed by atoms with Gasteiger partial charge in [-0.05, 0) is 13.3 Å². The molecular formula is C11H22N2O5. The van der Waals surface area contributed by atoms with Crippen molar-refractivity contribution in [1.29, 1.82) is 0 Å². The Morgan fingerprint density at radius 2 is 2.00 bits per heavy atom. The van der Waals surface area contributed by atoms with E-state index in [-0.39, 0.29) is 18.5 Å². The highest BCUT2D eigenvalue weighted by molar-refractivity contribution is 5.74. The molecular weight excluding hydrogens is 240 g/mol. The first-order chi connectivity index (χ1) is 8.56. The Kier molecular flexibility index (Phi) is 9.99. The second kappa shape index (κ2) is 10.8. The number of carbonyl (C=O) groups excluding carboxylic acids is 1. The van der Waals surface area contributed by atoms with Gasteiger partial charge in [0.05, 0.1) is 19.8 Å². The van der Waals surface area contributed by atoms with Crippen LogP contribution in [0.4, 0.5) is 4.79 Å². The minimum atomic E-state index is -0.865. The van der Waals surface area contributed by atoms with E-state index in [1.54, 1.807) is 14.0 Å². The van der Waals surface area contributed by atoms with Crippen molar-refractivity contribution in [2.75, 3.05) is 33.5 Å². The van der Waals surface area contributed by atoms with E-state index >= 15 is 0 Å². The Morgan fingerprint density at radius 3 is 2.61 bits per heavy atom. The number of aliphatic carboxylic acids is 1. The summed E-state index contributed by atoms with van der Waals surface area (Å²) in [4.78, 5) is 21.7. The summed E-state index contributed by atoms with van der Waals surface area (Å²) in [6.07, 6.45) is 0.453. The van der Waals surface area contributed by atoms with Gasteiger partial charge < -0.3 is 25.2 Å². The second-order valence-electron chi connectivity index (χ2n) is 3.84. The van der Waals surface area contributed by atoms with Gasteiger partial charge in [-0.2, -0.15) is 0 Å². The molecule has 0 saturated carbocycles. The summed E-state index contributed by atoms with van der Waals surface area (Å²) in [6, 6.07) is -0.487. The molecule has 0 aromatic carbocycles. The van der Waals surface area contributed by atoms with Gasteiger partial charge in [-0.25, -0.2) is 4.79 Å². The van der Waals surface area contributed by atoms with Gasteiger partial charge in [-0.15, -0.1) is 0 Å². The van der Waals surface area contributed by atoms with Gasteiger partial charge in [0.1, 0.15) is 0 Å². The zero-order chi connectivity index (χ0) is 13.8. The van der Waals surface area contributed by atoms with Gasteiger partial charge in [0.25, 0.3) is 0 Å². The average Bonchev–Trinajstić information content (AvgIpc) is 2.31. The molecule has 7 nitrogen and oxygen atoms in total. The lowest BCUT2D eigenvalue weighted by atomic mass is 10.2. The first kappa shape index (κ1) is 16.7. The fourth-order valence-corrected chi connectivity index (χ4v) is 1.17. The van der Waals surface area contributed by atoms with Crippen molar-refractivity contribution in [3.05, 3.63) is 0 Å². The van der Waals surface area contributed by atoms with Gasteiger partial charge >= 0.3 is 12.0 Å². The quantitative estimate of drug-likeness (QED) is 0.489. The maximum Gasteiger partial charge on any atom is 0.315 e. The van der Waals surface area contributed by atoms with Crippen LogP contribution in [0.2, 0.25) is 0 Å². The third-order valence-corrected chi connectivity index (χ3v) is 2.13. The number of amides is 2. The first-order valence-corrected chi connectivity index (χ1v) is 5.89. The van der Waals surface area contributed by atoms with E-state index in [1.165, 1.54) is 0 Å². The van der Waals surface area contributed by atoms with Crippen LogP contribution in [-0.4, -0.2) is 56.6 Å². The Bertz CT molecular complexity index is 248. The highest BCUT2D eigenvalue weighted by Crippen LogP contribution is 1.95. The fraction of sp³-hybridized carbons (Fsp3) is 0.818. The number of carboxylic acid groups (broad SMARTS) is 1. The SMILES string of the molecule is COCCOCCNC(=O)NC(C)CCC(=O)O. The topological polar surface area (TPSA) is 96.9 Å². The molecule has 0 aromatic rings. The van der Waals surface area contributed by atoms with Crippen molar-refractivity contribution in [2.24, 2.45) is 0 Å². The van der Waals surface area contributed by atoms with E-state index in [2.05, 4.69) is 10.6 Å². The molecule has 1 unspecified atom stereocenters. The van der Waals surface area contributed by atoms with E-state index in [0.717, 1.165) is 0 Å². The van der Waals surface area contributed by atoms with Crippen molar-refractivity contribution in [2.45, 2.75) is 25.8 Å². The Hall–Kier alpha value is -1.34. The number of methoxy groups -OCH3 is 1. The van der Waals surface area contributed by atoms with Crippen molar-refractivity contribution in [3.8, 4) is 0 Å². The summed E-state index contributed by atoms with van der Waals surface area (Å²) in [7, 11) is 1.59. The third kappa shape index (κ3) is 11.2. The summed E-state index contributed by atoms with van der Waals surface area (Å²) in [5.41, 5.74) is 0. The van der Waals surface area contributed by atoms with Gasteiger partial charge in [0, 0.05) is 26.1 Å². The Labute approximate surface area is 107 Å². The molecule has 2 amide bonds. The number of hydrogen-bond acceptors (Lipinski definition) is 4. The van der Waals surface area contributed by atoms with Crippen molar-refractivity contribution >= 4 is 12.0 Å². The minimum Gasteiger partial charge on any atom is -0.481 e. The number of urea groups is 1. The standard InChI is InChI=1S/C11H22N2O5/c1-9(3-4-10(14)15)13-11(16)12-5-6-18-8-7-17-2/h9H,3-8H2,1-2H3,(H,14,15)(H2,12,13,16). The number of carbonyl (C=O) groups is 2. The fourth-order valence-electron chi connectivity index (χ4n) is 1.17. The van der Waals surface area contributed by atoms with Crippen molar-refractivity contribution in [3.63, 3.8) is 0 Å². The highest BCUT2D eigenvalue weighted by Gasteiger charge is 2.08. The number of ether oxygens (including phenoxy) is 2. The smallest absolute Gasteiger partial charge is 0.315 e. The lowest BCUT2D eigenvalue weighted by Gasteiger charge is -2.13. The van der Waals surface area contributed by atoms with Gasteiger partial charge in [-0.1, -0.05) is 0 Å². The van der Waals surface area contributed by atoms with E-state index < -0.39 is 5.97 Å². The summed E-state index contributed by atoms with van der Waals surface area (Å²) < 4.78 is 9.96. The lowest BCUT2D eigenvalue weighted by molar-refractivity contribution is -0.137. The average molecular weight is 262 g/mol. The molecule has 0 bridgehead atoms. The van der Waals surface area contributed by atoms with Crippen LogP contribution in [0, 0.1) is 0 Å². The monoisotopic (exact) mass is 262 g/mol. The third-order valence-electron chi connectivity index (χ3n) is 2.13. The molecule has 7 heteroatoms. The molecule has 0 aliphatic rings. The van der Waals surface area contributed by atoms with Crippen molar-refractivity contribution in [1.82, 2.24) is 10.6 Å². The van der Waals surface area contributed by atoms with Crippen LogP contribution in [0.5, 0.6) is 0 Å². The highest BCUT2D eigenvalue weighted by atomic mass is 16.5. The molecule has 0 radical (unpaired) electrons. The van der Waals surface area contributed by atoms with E-state index in [0.29, 0.717) is 32.8 Å². The first-order valence-electron chi connectivity index (χ1n) is 5.89. The molecule has 0 aromatic heterocycles. The molecule has 18 heavy (non-hydrogen) atoms. The van der Waals surface area contributed by atoms with E-state index in [9.17, 15) is 9.59 Å². The Balaban J connectivity index is 3.44. The molecule has 0 rings (SSSR count). The van der Waals surface area contributed by atoms with Crippen LogP contribution in [0.1, 0.15) is 19.8 Å². The summed E-state index contributed by atoms with van der Waals surface area (Å²) in [5, 5.41) is 13.7. The largest absolute Gasteiger partial charge is 0.481 e. The zero-order valence-corrected chi connectivity index (χ0v) is 10.9. The van der Waals surface area contributed by atoms with Crippen LogP contribution in [0.25, 0.3) is 0 Å². The van der Waals surface area contributed by atoms with Gasteiger partial charge in [-0.3, -0.25) is 4.79 Å². The zero-order valence-electron chi connectivity index (χ0n) is 10.9. The van der Waals surface area contributed by atoms with E-state index in [4.69, 9.17) is 14.6 Å². The molecule has 0 saturated heterocycles. The minimum absolute atomic E-state index is 0.0432. The molecule has 106 valence electrons. The van der Waals surface area contributed by atoms with Crippen molar-refractivity contribution < 1.29 is 24.2 Å². The number of rotatable bonds is 10. The molecule has 3 N–H and O–H groups in total. The summed E-state index contributed by atoms with van der Waals surface area (Å²) in [6.45, 7) is 3.60. The van der Waals surface area contributed by atoms with Crippen LogP contribution in [-0.2, 0) is 14.3 Å². The second-order valence-corrected chi connectivity index (χ2v) is 3.84. The maximum absolute atomic E-state index is 11.3. The molecule has 0 spiro atoms. The van der Waals surface area contributed by atoms with Crippen LogP contribution in [0.3, 0.4) is 0 Å². The van der Waals surface area contributed by atoms with E-state index in [1.807, 2.05) is 0 Å². The lowest BCUT2D eigenvalue weighted by Crippen LogP contribution is -2.42. The van der Waals surface area contributed by atoms with Crippen LogP contribution >= 0.6 is 0 Å². The maximum atomic E-state index is 11.3. The van der Waals surface area contributed by atoms with Gasteiger partial charge in [0.2, 0.25) is 0 Å². The molecule has 0 fully saturated rings. The molecule has 0 aliphatic heterocycles. The molecule has 0 heterocycles. The molecule has 0 aliphatic carbocycles. The normalized spacial score (nSPS) is 11.9. The predicted octanol–water partition coefficient (Wildman–Crippen LogP) is 0.202. The number of hydrogen-bond donors (Lipinski definition) is 3. The van der Waals surface area contributed by atoms with Crippen LogP contribution in [0.15, 0.2) is 0 Å². The predicted molar refractivity (Wildman–Crippen MR) is 65.6 cm³/mol.